The van der Waals surface area contributed by atoms with Gasteiger partial charge in [0.15, 0.2) is 0 Å². The van der Waals surface area contributed by atoms with Crippen LogP contribution in [-0.2, 0) is 26.1 Å². The van der Waals surface area contributed by atoms with Crippen LogP contribution >= 0.6 is 23.2 Å². The smallest absolute Gasteiger partial charge is 0.435 e. The Morgan fingerprint density at radius 3 is 2.32 bits per heavy atom. The average molecular weight is 571 g/mol. The minimum atomic E-state index is -5.20. The monoisotopic (exact) mass is 570 g/mol. The van der Waals surface area contributed by atoms with Crippen LogP contribution < -0.4 is 5.32 Å². The molecule has 1 N–H and O–H groups in total. The van der Waals surface area contributed by atoms with Crippen molar-refractivity contribution in [2.75, 3.05) is 7.11 Å². The van der Waals surface area contributed by atoms with E-state index in [0.29, 0.717) is 11.6 Å². The van der Waals surface area contributed by atoms with E-state index < -0.39 is 63.5 Å². The SMILES string of the molecule is COC(=O)[C@@H](C)NC(=O)c1ccc(C2=NOC(c3cc(Cl)c(Cl)c(C(F)(F)F)c3)(C(F)(F)F)C2)cc1C. The molecule has 200 valence electrons. The van der Waals surface area contributed by atoms with Crippen LogP contribution in [0.4, 0.5) is 26.3 Å². The number of halogens is 8. The van der Waals surface area contributed by atoms with Crippen LogP contribution in [0.25, 0.3) is 0 Å². The molecule has 1 aliphatic rings. The lowest BCUT2D eigenvalue weighted by atomic mass is 9.85. The van der Waals surface area contributed by atoms with Crippen molar-refractivity contribution in [2.24, 2.45) is 5.16 Å². The first-order valence-corrected chi connectivity index (χ1v) is 11.2. The third-order valence-electron chi connectivity index (χ3n) is 5.69. The predicted molar refractivity (Wildman–Crippen MR) is 122 cm³/mol. The molecule has 0 aromatic heterocycles. The van der Waals surface area contributed by atoms with Gasteiger partial charge in [0.1, 0.15) is 6.04 Å². The maximum Gasteiger partial charge on any atom is 0.435 e. The lowest BCUT2D eigenvalue weighted by Gasteiger charge is -2.30. The normalized spacial score (nSPS) is 18.6. The summed E-state index contributed by atoms with van der Waals surface area (Å²) in [4.78, 5) is 28.8. The number of amides is 1. The number of ether oxygens (including phenoxy) is 1. The molecule has 6 nitrogen and oxygen atoms in total. The lowest BCUT2D eigenvalue weighted by molar-refractivity contribution is -0.276. The number of carbonyl (C=O) groups is 2. The van der Waals surface area contributed by atoms with Gasteiger partial charge in [0.05, 0.1) is 28.4 Å². The number of alkyl halides is 6. The van der Waals surface area contributed by atoms with Gasteiger partial charge in [-0.05, 0) is 49.2 Å². The summed E-state index contributed by atoms with van der Waals surface area (Å²) in [5.74, 6) is -1.31. The Morgan fingerprint density at radius 2 is 1.78 bits per heavy atom. The topological polar surface area (TPSA) is 77.0 Å². The van der Waals surface area contributed by atoms with Gasteiger partial charge >= 0.3 is 18.3 Å². The van der Waals surface area contributed by atoms with Crippen LogP contribution in [0.15, 0.2) is 35.5 Å². The maximum absolute atomic E-state index is 14.3. The first kappa shape index (κ1) is 28.6. The molecule has 0 aliphatic carbocycles. The van der Waals surface area contributed by atoms with Crippen LogP contribution in [-0.4, -0.2) is 36.9 Å². The lowest BCUT2D eigenvalue weighted by Crippen LogP contribution is -2.43. The fraction of sp³-hybridized carbons (Fsp3) is 0.348. The molecule has 1 heterocycles. The Bertz CT molecular complexity index is 1280. The van der Waals surface area contributed by atoms with Crippen LogP contribution in [0.5, 0.6) is 0 Å². The molecule has 1 amide bonds. The van der Waals surface area contributed by atoms with E-state index in [0.717, 1.165) is 7.11 Å². The summed E-state index contributed by atoms with van der Waals surface area (Å²) in [6.45, 7) is 2.91. The molecule has 0 fully saturated rings. The zero-order valence-corrected chi connectivity index (χ0v) is 20.8. The molecule has 0 saturated carbocycles. The number of rotatable bonds is 5. The summed E-state index contributed by atoms with van der Waals surface area (Å²) in [6, 6.07) is 3.91. The Morgan fingerprint density at radius 1 is 1.14 bits per heavy atom. The number of hydrogen-bond acceptors (Lipinski definition) is 5. The van der Waals surface area contributed by atoms with Crippen molar-refractivity contribution in [3.05, 3.63) is 68.2 Å². The molecule has 14 heteroatoms. The first-order valence-electron chi connectivity index (χ1n) is 10.4. The molecule has 2 atom stereocenters. The molecule has 37 heavy (non-hydrogen) atoms. The van der Waals surface area contributed by atoms with E-state index in [2.05, 4.69) is 15.2 Å². The number of oxime groups is 1. The van der Waals surface area contributed by atoms with Gasteiger partial charge in [0, 0.05) is 17.5 Å². The van der Waals surface area contributed by atoms with E-state index >= 15 is 0 Å². The van der Waals surface area contributed by atoms with Crippen LogP contribution in [0.2, 0.25) is 10.0 Å². The molecule has 0 saturated heterocycles. The predicted octanol–water partition coefficient (Wildman–Crippen LogP) is 6.19. The van der Waals surface area contributed by atoms with Gasteiger partial charge < -0.3 is 14.9 Å². The fourth-order valence-electron chi connectivity index (χ4n) is 3.70. The standard InChI is InChI=1S/C23H18Cl2F6N2O4/c1-10-6-12(4-5-14(10)19(34)32-11(2)20(35)36-3)17-9-21(37-33-17,23(29,30)31)13-7-15(22(26,27)28)18(25)16(24)8-13/h4-8,11H,9H2,1-3H3,(H,32,34)/t11-,21?/m1/s1. The van der Waals surface area contributed by atoms with E-state index in [9.17, 15) is 35.9 Å². The van der Waals surface area contributed by atoms with Crippen LogP contribution in [0.3, 0.4) is 0 Å². The first-order chi connectivity index (χ1) is 17.0. The minimum Gasteiger partial charge on any atom is -0.467 e. The molecular weight excluding hydrogens is 553 g/mol. The van der Waals surface area contributed by atoms with Gasteiger partial charge in [-0.2, -0.15) is 26.3 Å². The summed E-state index contributed by atoms with van der Waals surface area (Å²) >= 11 is 11.3. The van der Waals surface area contributed by atoms with Crippen molar-refractivity contribution in [1.29, 1.82) is 0 Å². The Balaban J connectivity index is 1.96. The van der Waals surface area contributed by atoms with Gasteiger partial charge in [-0.15, -0.1) is 0 Å². The van der Waals surface area contributed by atoms with Crippen LogP contribution in [0, 0.1) is 6.92 Å². The second-order valence-corrected chi connectivity index (χ2v) is 8.98. The summed E-state index contributed by atoms with van der Waals surface area (Å²) in [7, 11) is 1.15. The zero-order valence-electron chi connectivity index (χ0n) is 19.3. The summed E-state index contributed by atoms with van der Waals surface area (Å²) in [6.07, 6.45) is -11.3. The van der Waals surface area contributed by atoms with E-state index in [4.69, 9.17) is 28.0 Å². The highest BCUT2D eigenvalue weighted by molar-refractivity contribution is 6.42. The Kier molecular flexibility index (Phi) is 7.76. The number of methoxy groups -OCH3 is 1. The number of nitrogens with zero attached hydrogens (tertiary/aromatic N) is 1. The Hall–Kier alpha value is -2.99. The van der Waals surface area contributed by atoms with E-state index in [1.54, 1.807) is 0 Å². The van der Waals surface area contributed by atoms with Crippen molar-refractivity contribution in [2.45, 2.75) is 44.3 Å². The molecule has 3 rings (SSSR count). The highest BCUT2D eigenvalue weighted by Crippen LogP contribution is 2.51. The molecule has 1 aliphatic heterocycles. The summed E-state index contributed by atoms with van der Waals surface area (Å²) in [5.41, 5.74) is -5.38. The zero-order chi connectivity index (χ0) is 27.9. The molecule has 0 bridgehead atoms. The summed E-state index contributed by atoms with van der Waals surface area (Å²) < 4.78 is 87.5. The summed E-state index contributed by atoms with van der Waals surface area (Å²) in [5, 5.41) is 4.27. The van der Waals surface area contributed by atoms with E-state index in [1.165, 1.54) is 32.0 Å². The highest BCUT2D eigenvalue weighted by Gasteiger charge is 2.63. The van der Waals surface area contributed by atoms with Crippen LogP contribution in [0.1, 0.15) is 46.0 Å². The van der Waals surface area contributed by atoms with Crippen molar-refractivity contribution < 1.29 is 45.5 Å². The molecule has 1 unspecified atom stereocenters. The largest absolute Gasteiger partial charge is 0.467 e. The second-order valence-electron chi connectivity index (χ2n) is 8.20. The third-order valence-corrected chi connectivity index (χ3v) is 6.49. The molecule has 2 aromatic rings. The van der Waals surface area contributed by atoms with Crippen molar-refractivity contribution >= 4 is 40.8 Å². The van der Waals surface area contributed by atoms with Gasteiger partial charge in [0.2, 0.25) is 0 Å². The highest BCUT2D eigenvalue weighted by atomic mass is 35.5. The number of hydrogen-bond donors (Lipinski definition) is 1. The molecule has 0 spiro atoms. The van der Waals surface area contributed by atoms with Gasteiger partial charge in [0.25, 0.3) is 11.5 Å². The van der Waals surface area contributed by atoms with Crippen molar-refractivity contribution in [3.8, 4) is 0 Å². The fourth-order valence-corrected chi connectivity index (χ4v) is 4.13. The number of nitrogens with one attached hydrogen (secondary N) is 1. The number of benzene rings is 2. The van der Waals surface area contributed by atoms with Crippen molar-refractivity contribution in [1.82, 2.24) is 5.32 Å². The number of aryl methyl sites for hydroxylation is 1. The molecular formula is C23H18Cl2F6N2O4. The van der Waals surface area contributed by atoms with Gasteiger partial charge in [-0.1, -0.05) is 34.4 Å². The molecule has 2 aromatic carbocycles. The average Bonchev–Trinajstić information content (AvgIpc) is 3.26. The second kappa shape index (κ2) is 10.1. The van der Waals surface area contributed by atoms with Crippen molar-refractivity contribution in [3.63, 3.8) is 0 Å². The maximum atomic E-state index is 14.3. The molecule has 0 radical (unpaired) electrons. The number of carbonyl (C=O) groups excluding carboxylic acids is 2. The van der Waals surface area contributed by atoms with Gasteiger partial charge in [-0.25, -0.2) is 4.79 Å². The minimum absolute atomic E-state index is 0.125. The third kappa shape index (κ3) is 5.49. The number of esters is 1. The quantitative estimate of drug-likeness (QED) is 0.343. The van der Waals surface area contributed by atoms with E-state index in [1.807, 2.05) is 0 Å². The van der Waals surface area contributed by atoms with E-state index in [-0.39, 0.29) is 22.9 Å². The van der Waals surface area contributed by atoms with Gasteiger partial charge in [-0.3, -0.25) is 4.79 Å². The Labute approximate surface area is 216 Å².